The minimum atomic E-state index is 0.0380. The van der Waals surface area contributed by atoms with E-state index < -0.39 is 0 Å². The number of hydrogen-bond donors (Lipinski definition) is 2. The summed E-state index contributed by atoms with van der Waals surface area (Å²) in [4.78, 5) is 21.0. The molecular formula is C23H39N5O. The van der Waals surface area contributed by atoms with Crippen LogP contribution in [0.3, 0.4) is 0 Å². The molecule has 6 heteroatoms. The van der Waals surface area contributed by atoms with E-state index in [1.54, 1.807) is 19.0 Å². The minimum absolute atomic E-state index is 0.0380. The van der Waals surface area contributed by atoms with Crippen molar-refractivity contribution < 1.29 is 4.79 Å². The molecule has 6 nitrogen and oxygen atoms in total. The monoisotopic (exact) mass is 401 g/mol. The van der Waals surface area contributed by atoms with Crippen molar-refractivity contribution >= 4 is 11.9 Å². The van der Waals surface area contributed by atoms with Gasteiger partial charge in [0, 0.05) is 52.4 Å². The van der Waals surface area contributed by atoms with E-state index >= 15 is 0 Å². The van der Waals surface area contributed by atoms with E-state index in [9.17, 15) is 4.79 Å². The van der Waals surface area contributed by atoms with Crippen LogP contribution in [0.2, 0.25) is 0 Å². The summed E-state index contributed by atoms with van der Waals surface area (Å²) in [5.74, 6) is 2.47. The van der Waals surface area contributed by atoms with E-state index in [1.165, 1.54) is 19.5 Å². The maximum Gasteiger partial charge on any atom is 0.253 e. The van der Waals surface area contributed by atoms with E-state index in [0.29, 0.717) is 0 Å². The molecule has 0 aliphatic carbocycles. The van der Waals surface area contributed by atoms with Crippen molar-refractivity contribution in [2.75, 3.05) is 53.4 Å². The van der Waals surface area contributed by atoms with Crippen molar-refractivity contribution in [2.24, 2.45) is 16.8 Å². The lowest BCUT2D eigenvalue weighted by atomic mass is 9.92. The Hall–Kier alpha value is -2.08. The fourth-order valence-electron chi connectivity index (χ4n) is 4.06. The fourth-order valence-corrected chi connectivity index (χ4v) is 4.06. The molecule has 2 N–H and O–H groups in total. The molecule has 2 atom stereocenters. The first kappa shape index (κ1) is 23.2. The maximum atomic E-state index is 12.1. The van der Waals surface area contributed by atoms with Gasteiger partial charge in [-0.1, -0.05) is 26.0 Å². The zero-order valence-electron chi connectivity index (χ0n) is 18.9. The molecule has 1 saturated heterocycles. The predicted octanol–water partition coefficient (Wildman–Crippen LogP) is 2.46. The standard InChI is InChI=1S/C23H39N5O/c1-6-24-23(26-12-13-28-16-18(2)14-19(3)17-28)25-11-10-20-8-7-9-21(15-20)22(29)27(4)5/h7-9,15,18-19H,6,10-14,16-17H2,1-5H3,(H2,24,25,26). The summed E-state index contributed by atoms with van der Waals surface area (Å²) in [6, 6.07) is 7.86. The van der Waals surface area contributed by atoms with Gasteiger partial charge in [0.1, 0.15) is 0 Å². The Morgan fingerprint density at radius 2 is 1.93 bits per heavy atom. The van der Waals surface area contributed by atoms with Crippen LogP contribution in [0.4, 0.5) is 0 Å². The van der Waals surface area contributed by atoms with Crippen LogP contribution in [0.1, 0.15) is 43.1 Å². The summed E-state index contributed by atoms with van der Waals surface area (Å²) in [5.41, 5.74) is 1.88. The quantitative estimate of drug-likeness (QED) is 0.519. The van der Waals surface area contributed by atoms with Gasteiger partial charge in [-0.2, -0.15) is 0 Å². The van der Waals surface area contributed by atoms with Gasteiger partial charge in [0.05, 0.1) is 6.54 Å². The maximum absolute atomic E-state index is 12.1. The highest BCUT2D eigenvalue weighted by molar-refractivity contribution is 5.94. The molecule has 1 aliphatic heterocycles. The highest BCUT2D eigenvalue weighted by atomic mass is 16.2. The van der Waals surface area contributed by atoms with Gasteiger partial charge in [0.15, 0.2) is 5.96 Å². The van der Waals surface area contributed by atoms with Gasteiger partial charge < -0.3 is 20.4 Å². The number of piperidine rings is 1. The average molecular weight is 402 g/mol. The molecule has 2 rings (SSSR count). The number of benzene rings is 1. The van der Waals surface area contributed by atoms with Crippen molar-refractivity contribution in [2.45, 2.75) is 33.6 Å². The highest BCUT2D eigenvalue weighted by Crippen LogP contribution is 2.20. The van der Waals surface area contributed by atoms with Crippen LogP contribution in [0.5, 0.6) is 0 Å². The molecular weight excluding hydrogens is 362 g/mol. The van der Waals surface area contributed by atoms with Crippen LogP contribution >= 0.6 is 0 Å². The van der Waals surface area contributed by atoms with Gasteiger partial charge in [-0.05, 0) is 49.3 Å². The largest absolute Gasteiger partial charge is 0.357 e. The van der Waals surface area contributed by atoms with Gasteiger partial charge in [-0.3, -0.25) is 9.79 Å². The number of guanidine groups is 1. The number of carbonyl (C=O) groups is 1. The second-order valence-electron chi connectivity index (χ2n) is 8.54. The van der Waals surface area contributed by atoms with Crippen molar-refractivity contribution in [1.29, 1.82) is 0 Å². The molecule has 1 fully saturated rings. The zero-order valence-corrected chi connectivity index (χ0v) is 18.9. The van der Waals surface area contributed by atoms with Crippen molar-refractivity contribution in [1.82, 2.24) is 20.4 Å². The molecule has 0 radical (unpaired) electrons. The van der Waals surface area contributed by atoms with Gasteiger partial charge in [-0.15, -0.1) is 0 Å². The van der Waals surface area contributed by atoms with E-state index in [0.717, 1.165) is 61.5 Å². The van der Waals surface area contributed by atoms with Crippen LogP contribution in [0.15, 0.2) is 29.3 Å². The number of nitrogens with one attached hydrogen (secondary N) is 2. The summed E-state index contributed by atoms with van der Waals surface area (Å²) >= 11 is 0. The molecule has 1 aromatic carbocycles. The van der Waals surface area contributed by atoms with E-state index in [1.807, 2.05) is 18.2 Å². The Labute approximate surface area is 176 Å². The normalized spacial score (nSPS) is 20.4. The third-order valence-electron chi connectivity index (χ3n) is 5.26. The van der Waals surface area contributed by atoms with Gasteiger partial charge in [0.2, 0.25) is 0 Å². The van der Waals surface area contributed by atoms with Crippen LogP contribution in [-0.2, 0) is 6.42 Å². The highest BCUT2D eigenvalue weighted by Gasteiger charge is 2.21. The summed E-state index contributed by atoms with van der Waals surface area (Å²) in [5, 5.41) is 6.75. The first-order valence-corrected chi connectivity index (χ1v) is 10.9. The van der Waals surface area contributed by atoms with Crippen LogP contribution in [-0.4, -0.2) is 75.0 Å². The van der Waals surface area contributed by atoms with Crippen LogP contribution < -0.4 is 10.6 Å². The Morgan fingerprint density at radius 1 is 1.21 bits per heavy atom. The van der Waals surface area contributed by atoms with E-state index in [4.69, 9.17) is 4.99 Å². The number of carbonyl (C=O) groups excluding carboxylic acids is 1. The van der Waals surface area contributed by atoms with Gasteiger partial charge in [0.25, 0.3) is 5.91 Å². The average Bonchev–Trinajstić information content (AvgIpc) is 2.67. The summed E-state index contributed by atoms with van der Waals surface area (Å²) < 4.78 is 0. The second-order valence-corrected chi connectivity index (χ2v) is 8.54. The Kier molecular flexibility index (Phi) is 9.45. The lowest BCUT2D eigenvalue weighted by Crippen LogP contribution is -2.41. The van der Waals surface area contributed by atoms with E-state index in [2.05, 4.69) is 42.4 Å². The topological polar surface area (TPSA) is 60.0 Å². The lowest BCUT2D eigenvalue weighted by Gasteiger charge is -2.34. The molecule has 1 heterocycles. The first-order valence-electron chi connectivity index (χ1n) is 10.9. The minimum Gasteiger partial charge on any atom is -0.357 e. The third kappa shape index (κ3) is 8.05. The number of nitrogens with zero attached hydrogens (tertiary/aromatic N) is 3. The van der Waals surface area contributed by atoms with Crippen molar-refractivity contribution in [3.05, 3.63) is 35.4 Å². The number of aliphatic imine (C=N–C) groups is 1. The molecule has 0 bridgehead atoms. The molecule has 162 valence electrons. The Balaban J connectivity index is 1.82. The predicted molar refractivity (Wildman–Crippen MR) is 122 cm³/mol. The summed E-state index contributed by atoms with van der Waals surface area (Å²) in [6.07, 6.45) is 2.19. The van der Waals surface area contributed by atoms with Crippen molar-refractivity contribution in [3.8, 4) is 0 Å². The number of likely N-dealkylation sites (tertiary alicyclic amines) is 1. The third-order valence-corrected chi connectivity index (χ3v) is 5.26. The summed E-state index contributed by atoms with van der Waals surface area (Å²) in [6.45, 7) is 12.6. The van der Waals surface area contributed by atoms with Crippen LogP contribution in [0, 0.1) is 11.8 Å². The Morgan fingerprint density at radius 3 is 2.59 bits per heavy atom. The lowest BCUT2D eigenvalue weighted by molar-refractivity contribution is 0.0827. The van der Waals surface area contributed by atoms with Crippen LogP contribution in [0.25, 0.3) is 0 Å². The zero-order chi connectivity index (χ0) is 21.2. The smallest absolute Gasteiger partial charge is 0.253 e. The number of amides is 1. The molecule has 29 heavy (non-hydrogen) atoms. The molecule has 0 spiro atoms. The molecule has 2 unspecified atom stereocenters. The van der Waals surface area contributed by atoms with Gasteiger partial charge >= 0.3 is 0 Å². The molecule has 0 aromatic heterocycles. The number of hydrogen-bond acceptors (Lipinski definition) is 3. The van der Waals surface area contributed by atoms with Crippen molar-refractivity contribution in [3.63, 3.8) is 0 Å². The Bertz CT molecular complexity index is 663. The molecule has 1 aliphatic rings. The first-order chi connectivity index (χ1) is 13.9. The molecule has 1 aromatic rings. The summed E-state index contributed by atoms with van der Waals surface area (Å²) in [7, 11) is 3.56. The molecule has 0 saturated carbocycles. The van der Waals surface area contributed by atoms with Gasteiger partial charge in [-0.25, -0.2) is 0 Å². The fraction of sp³-hybridized carbons (Fsp3) is 0.652. The second kappa shape index (κ2) is 11.8. The number of rotatable bonds is 8. The SMILES string of the molecule is CCNC(=NCCN1CC(C)CC(C)C1)NCCc1cccc(C(=O)N(C)C)c1. The van der Waals surface area contributed by atoms with E-state index in [-0.39, 0.29) is 5.91 Å². The molecule has 1 amide bonds.